The maximum atomic E-state index is 4.87. The standard InChI is InChI=1S/C5H7NO/c1-5-4-7-3-2-6-5/h2-3H,4H2,1H3. The summed E-state index contributed by atoms with van der Waals surface area (Å²) in [5.41, 5.74) is 1.03. The molecule has 2 nitrogen and oxygen atoms in total. The molecule has 0 saturated heterocycles. The Bertz CT molecular complexity index is 115. The number of rotatable bonds is 0. The maximum absolute atomic E-state index is 4.87. The van der Waals surface area contributed by atoms with Crippen LogP contribution < -0.4 is 0 Å². The average Bonchev–Trinajstić information content (AvgIpc) is 1.69. The highest BCUT2D eigenvalue weighted by Gasteiger charge is 1.90. The molecule has 0 saturated carbocycles. The predicted octanol–water partition coefficient (Wildman–Crippen LogP) is 0.949. The van der Waals surface area contributed by atoms with Crippen LogP contribution in [0.1, 0.15) is 6.92 Å². The van der Waals surface area contributed by atoms with E-state index in [1.165, 1.54) is 0 Å². The molecule has 1 rings (SSSR count). The molecular formula is C5H7NO. The van der Waals surface area contributed by atoms with Gasteiger partial charge in [0, 0.05) is 0 Å². The summed E-state index contributed by atoms with van der Waals surface area (Å²) < 4.78 is 4.87. The molecule has 7 heavy (non-hydrogen) atoms. The molecule has 0 amide bonds. The average molecular weight is 97.1 g/mol. The van der Waals surface area contributed by atoms with Crippen LogP contribution in [0.25, 0.3) is 0 Å². The summed E-state index contributed by atoms with van der Waals surface area (Å²) in [5.74, 6) is 0. The number of ether oxygens (including phenoxy) is 1. The van der Waals surface area contributed by atoms with Crippen molar-refractivity contribution in [3.8, 4) is 0 Å². The van der Waals surface area contributed by atoms with Gasteiger partial charge in [0.25, 0.3) is 0 Å². The van der Waals surface area contributed by atoms with Crippen molar-refractivity contribution in [1.82, 2.24) is 0 Å². The third kappa shape index (κ3) is 1.03. The lowest BCUT2D eigenvalue weighted by atomic mass is 10.4. The highest BCUT2D eigenvalue weighted by atomic mass is 16.5. The van der Waals surface area contributed by atoms with Crippen LogP contribution in [-0.4, -0.2) is 12.3 Å². The fraction of sp³-hybridized carbons (Fsp3) is 0.400. The Balaban J connectivity index is 2.57. The van der Waals surface area contributed by atoms with Crippen molar-refractivity contribution in [1.29, 1.82) is 0 Å². The first-order chi connectivity index (χ1) is 3.39. The van der Waals surface area contributed by atoms with Gasteiger partial charge >= 0.3 is 0 Å². The van der Waals surface area contributed by atoms with Crippen LogP contribution >= 0.6 is 0 Å². The van der Waals surface area contributed by atoms with Gasteiger partial charge in [-0.3, -0.25) is 4.99 Å². The van der Waals surface area contributed by atoms with E-state index in [9.17, 15) is 0 Å². The van der Waals surface area contributed by atoms with E-state index in [0.717, 1.165) is 5.71 Å². The van der Waals surface area contributed by atoms with Gasteiger partial charge < -0.3 is 4.74 Å². The van der Waals surface area contributed by atoms with Crippen LogP contribution in [0.15, 0.2) is 17.5 Å². The highest BCUT2D eigenvalue weighted by Crippen LogP contribution is 1.90. The minimum absolute atomic E-state index is 0.649. The topological polar surface area (TPSA) is 21.6 Å². The zero-order chi connectivity index (χ0) is 5.11. The molecule has 0 unspecified atom stereocenters. The normalized spacial score (nSPS) is 18.1. The summed E-state index contributed by atoms with van der Waals surface area (Å²) >= 11 is 0. The van der Waals surface area contributed by atoms with Crippen molar-refractivity contribution in [3.63, 3.8) is 0 Å². The van der Waals surface area contributed by atoms with Gasteiger partial charge in [0.15, 0.2) is 0 Å². The van der Waals surface area contributed by atoms with E-state index < -0.39 is 0 Å². The Hall–Kier alpha value is -0.790. The molecule has 2 heteroatoms. The molecular weight excluding hydrogens is 90.1 g/mol. The van der Waals surface area contributed by atoms with E-state index in [-0.39, 0.29) is 0 Å². The van der Waals surface area contributed by atoms with Crippen molar-refractivity contribution < 1.29 is 4.74 Å². The zero-order valence-corrected chi connectivity index (χ0v) is 4.22. The monoisotopic (exact) mass is 97.1 g/mol. The Morgan fingerprint density at radius 3 is 3.00 bits per heavy atom. The fourth-order valence-electron chi connectivity index (χ4n) is 0.407. The summed E-state index contributed by atoms with van der Waals surface area (Å²) in [6.07, 6.45) is 3.24. The van der Waals surface area contributed by atoms with Crippen molar-refractivity contribution in [2.45, 2.75) is 6.92 Å². The van der Waals surface area contributed by atoms with Crippen LogP contribution in [0.4, 0.5) is 0 Å². The van der Waals surface area contributed by atoms with Gasteiger partial charge in [0.1, 0.15) is 12.9 Å². The third-order valence-electron chi connectivity index (χ3n) is 0.744. The van der Waals surface area contributed by atoms with Gasteiger partial charge in [0.2, 0.25) is 0 Å². The minimum atomic E-state index is 0.649. The number of hydrogen-bond acceptors (Lipinski definition) is 2. The van der Waals surface area contributed by atoms with Gasteiger partial charge in [0.05, 0.1) is 11.9 Å². The molecule has 1 aliphatic heterocycles. The SMILES string of the molecule is CC1=NC=COC1. The second kappa shape index (κ2) is 1.78. The largest absolute Gasteiger partial charge is 0.494 e. The summed E-state index contributed by atoms with van der Waals surface area (Å²) in [4.78, 5) is 3.94. The van der Waals surface area contributed by atoms with E-state index in [4.69, 9.17) is 4.74 Å². The first-order valence-electron chi connectivity index (χ1n) is 2.19. The molecule has 0 aliphatic carbocycles. The van der Waals surface area contributed by atoms with E-state index in [2.05, 4.69) is 4.99 Å². The van der Waals surface area contributed by atoms with Gasteiger partial charge in [-0.15, -0.1) is 0 Å². The van der Waals surface area contributed by atoms with Gasteiger partial charge in [-0.2, -0.15) is 0 Å². The summed E-state index contributed by atoms with van der Waals surface area (Å²) in [6, 6.07) is 0. The van der Waals surface area contributed by atoms with Crippen LogP contribution in [0.3, 0.4) is 0 Å². The van der Waals surface area contributed by atoms with Crippen LogP contribution in [-0.2, 0) is 4.74 Å². The smallest absolute Gasteiger partial charge is 0.125 e. The van der Waals surface area contributed by atoms with Crippen LogP contribution in [0, 0.1) is 0 Å². The molecule has 0 N–H and O–H groups in total. The third-order valence-corrected chi connectivity index (χ3v) is 0.744. The lowest BCUT2D eigenvalue weighted by Crippen LogP contribution is -2.02. The molecule has 0 bridgehead atoms. The predicted molar refractivity (Wildman–Crippen MR) is 28.2 cm³/mol. The van der Waals surface area contributed by atoms with Crippen molar-refractivity contribution in [2.75, 3.05) is 6.61 Å². The fourth-order valence-corrected chi connectivity index (χ4v) is 0.407. The molecule has 0 aromatic rings. The minimum Gasteiger partial charge on any atom is -0.494 e. The molecule has 0 fully saturated rings. The Morgan fingerprint density at radius 2 is 2.71 bits per heavy atom. The summed E-state index contributed by atoms with van der Waals surface area (Å²) in [7, 11) is 0. The van der Waals surface area contributed by atoms with Crippen LogP contribution in [0.2, 0.25) is 0 Å². The molecule has 1 aliphatic rings. The lowest BCUT2D eigenvalue weighted by Gasteiger charge is -2.01. The summed E-state index contributed by atoms with van der Waals surface area (Å²) in [5, 5.41) is 0. The molecule has 0 aromatic heterocycles. The van der Waals surface area contributed by atoms with Gasteiger partial charge in [-0.05, 0) is 6.92 Å². The maximum Gasteiger partial charge on any atom is 0.125 e. The van der Waals surface area contributed by atoms with Crippen molar-refractivity contribution in [3.05, 3.63) is 12.5 Å². The second-order valence-electron chi connectivity index (χ2n) is 1.46. The Labute approximate surface area is 42.5 Å². The number of nitrogens with zero attached hydrogens (tertiary/aromatic N) is 1. The quantitative estimate of drug-likeness (QED) is 0.441. The first kappa shape index (κ1) is 4.37. The molecule has 0 spiro atoms. The van der Waals surface area contributed by atoms with E-state index in [0.29, 0.717) is 6.61 Å². The Morgan fingerprint density at radius 1 is 1.86 bits per heavy atom. The van der Waals surface area contributed by atoms with E-state index in [1.54, 1.807) is 12.5 Å². The van der Waals surface area contributed by atoms with Crippen molar-refractivity contribution >= 4 is 5.71 Å². The summed E-state index contributed by atoms with van der Waals surface area (Å²) in [6.45, 7) is 2.58. The Kier molecular flexibility index (Phi) is 1.11. The molecule has 0 atom stereocenters. The molecule has 1 heterocycles. The first-order valence-corrected chi connectivity index (χ1v) is 2.19. The second-order valence-corrected chi connectivity index (χ2v) is 1.46. The number of aliphatic imine (C=N–C) groups is 1. The number of hydrogen-bond donors (Lipinski definition) is 0. The zero-order valence-electron chi connectivity index (χ0n) is 4.22. The van der Waals surface area contributed by atoms with Crippen molar-refractivity contribution in [2.24, 2.45) is 4.99 Å². The van der Waals surface area contributed by atoms with E-state index >= 15 is 0 Å². The van der Waals surface area contributed by atoms with Crippen LogP contribution in [0.5, 0.6) is 0 Å². The molecule has 0 radical (unpaired) electrons. The van der Waals surface area contributed by atoms with Gasteiger partial charge in [-0.25, -0.2) is 0 Å². The highest BCUT2D eigenvalue weighted by molar-refractivity contribution is 5.84. The molecule has 38 valence electrons. The van der Waals surface area contributed by atoms with Gasteiger partial charge in [-0.1, -0.05) is 0 Å². The molecule has 0 aromatic carbocycles. The lowest BCUT2D eigenvalue weighted by molar-refractivity contribution is 0.296. The van der Waals surface area contributed by atoms with E-state index in [1.807, 2.05) is 6.92 Å².